The molecule has 2 bridgehead atoms. The van der Waals surface area contributed by atoms with Crippen LogP contribution in [0.1, 0.15) is 24.8 Å². The van der Waals surface area contributed by atoms with E-state index >= 15 is 0 Å². The van der Waals surface area contributed by atoms with Gasteiger partial charge >= 0.3 is 0 Å². The van der Waals surface area contributed by atoms with Crippen molar-refractivity contribution in [3.05, 3.63) is 34.1 Å². The fourth-order valence-electron chi connectivity index (χ4n) is 3.22. The second kappa shape index (κ2) is 4.32. The number of fused-ring (bicyclic) bond motifs is 2. The Bertz CT molecular complexity index is 507. The van der Waals surface area contributed by atoms with Gasteiger partial charge in [0.1, 0.15) is 5.82 Å². The van der Waals surface area contributed by atoms with Gasteiger partial charge < -0.3 is 4.74 Å². The second-order valence-corrected chi connectivity index (χ2v) is 6.17. The molecule has 1 aromatic carbocycles. The molecule has 1 aromatic rings. The SMILES string of the molecule is N#CC1(Cc2cc(F)cc(Br)c2)CC2CCC1O2. The van der Waals surface area contributed by atoms with Crippen molar-refractivity contribution in [2.45, 2.75) is 37.9 Å². The first-order valence-electron chi connectivity index (χ1n) is 6.13. The third-order valence-electron chi connectivity index (χ3n) is 3.98. The maximum absolute atomic E-state index is 13.4. The van der Waals surface area contributed by atoms with Crippen LogP contribution < -0.4 is 0 Å². The molecular weight excluding hydrogens is 297 g/mol. The largest absolute Gasteiger partial charge is 0.373 e. The molecule has 4 heteroatoms. The van der Waals surface area contributed by atoms with E-state index in [1.54, 1.807) is 0 Å². The number of halogens is 2. The quantitative estimate of drug-likeness (QED) is 0.836. The Kier molecular flexibility index (Phi) is 2.91. The van der Waals surface area contributed by atoms with E-state index in [0.717, 1.165) is 29.3 Å². The molecule has 0 amide bonds. The van der Waals surface area contributed by atoms with Gasteiger partial charge in [-0.1, -0.05) is 15.9 Å². The van der Waals surface area contributed by atoms with Gasteiger partial charge in [0.25, 0.3) is 0 Å². The van der Waals surface area contributed by atoms with Gasteiger partial charge in [0.15, 0.2) is 0 Å². The average Bonchev–Trinajstić information content (AvgIpc) is 2.88. The Morgan fingerprint density at radius 1 is 1.44 bits per heavy atom. The van der Waals surface area contributed by atoms with Crippen molar-refractivity contribution in [3.63, 3.8) is 0 Å². The van der Waals surface area contributed by atoms with Crippen LogP contribution in [0.25, 0.3) is 0 Å². The molecule has 2 nitrogen and oxygen atoms in total. The first-order chi connectivity index (χ1) is 8.61. The molecule has 2 heterocycles. The zero-order valence-corrected chi connectivity index (χ0v) is 11.4. The van der Waals surface area contributed by atoms with E-state index in [1.165, 1.54) is 12.1 Å². The van der Waals surface area contributed by atoms with Gasteiger partial charge in [-0.15, -0.1) is 0 Å². The van der Waals surface area contributed by atoms with Crippen LogP contribution in [0.5, 0.6) is 0 Å². The summed E-state index contributed by atoms with van der Waals surface area (Å²) in [5.41, 5.74) is 0.399. The number of ether oxygens (including phenoxy) is 1. The van der Waals surface area contributed by atoms with Crippen LogP contribution in [0.2, 0.25) is 0 Å². The van der Waals surface area contributed by atoms with E-state index in [4.69, 9.17) is 4.74 Å². The molecular formula is C14H13BrFNO. The van der Waals surface area contributed by atoms with Crippen LogP contribution in [0, 0.1) is 22.6 Å². The summed E-state index contributed by atoms with van der Waals surface area (Å²) in [4.78, 5) is 0. The first-order valence-corrected chi connectivity index (χ1v) is 6.92. The number of nitriles is 1. The van der Waals surface area contributed by atoms with Gasteiger partial charge in [0.05, 0.1) is 23.7 Å². The van der Waals surface area contributed by atoms with E-state index in [0.29, 0.717) is 6.42 Å². The average molecular weight is 310 g/mol. The van der Waals surface area contributed by atoms with E-state index in [1.807, 2.05) is 6.07 Å². The van der Waals surface area contributed by atoms with Crippen LogP contribution in [0.15, 0.2) is 22.7 Å². The fourth-order valence-corrected chi connectivity index (χ4v) is 3.73. The van der Waals surface area contributed by atoms with Crippen molar-refractivity contribution < 1.29 is 9.13 Å². The molecule has 2 aliphatic rings. The summed E-state index contributed by atoms with van der Waals surface area (Å²) >= 11 is 3.29. The summed E-state index contributed by atoms with van der Waals surface area (Å²) < 4.78 is 19.9. The molecule has 0 radical (unpaired) electrons. The number of benzene rings is 1. The molecule has 2 aliphatic heterocycles. The Hall–Kier alpha value is -0.920. The monoisotopic (exact) mass is 309 g/mol. The molecule has 2 fully saturated rings. The van der Waals surface area contributed by atoms with Crippen LogP contribution in [-0.4, -0.2) is 12.2 Å². The Labute approximate surface area is 114 Å². The van der Waals surface area contributed by atoms with Gasteiger partial charge in [0.2, 0.25) is 0 Å². The summed E-state index contributed by atoms with van der Waals surface area (Å²) in [6.07, 6.45) is 3.61. The Morgan fingerprint density at radius 2 is 2.28 bits per heavy atom. The standard InChI is InChI=1S/C14H13BrFNO/c15-10-3-9(4-11(16)5-10)6-14(8-17)7-12-1-2-13(14)18-12/h3-5,12-13H,1-2,6-7H2. The topological polar surface area (TPSA) is 33.0 Å². The molecule has 3 atom stereocenters. The van der Waals surface area contributed by atoms with Crippen LogP contribution in [-0.2, 0) is 11.2 Å². The van der Waals surface area contributed by atoms with Crippen molar-refractivity contribution in [1.29, 1.82) is 5.26 Å². The lowest BCUT2D eigenvalue weighted by atomic mass is 9.71. The van der Waals surface area contributed by atoms with Gasteiger partial charge in [0, 0.05) is 4.47 Å². The van der Waals surface area contributed by atoms with E-state index in [9.17, 15) is 9.65 Å². The Balaban J connectivity index is 1.89. The molecule has 0 aromatic heterocycles. The predicted octanol–water partition coefficient (Wildman–Crippen LogP) is 3.59. The number of hydrogen-bond acceptors (Lipinski definition) is 2. The number of nitrogens with zero attached hydrogens (tertiary/aromatic N) is 1. The summed E-state index contributed by atoms with van der Waals surface area (Å²) in [6.45, 7) is 0. The normalized spacial score (nSPS) is 33.6. The van der Waals surface area contributed by atoms with Crippen molar-refractivity contribution >= 4 is 15.9 Å². The molecule has 2 saturated heterocycles. The zero-order valence-electron chi connectivity index (χ0n) is 9.83. The minimum absolute atomic E-state index is 0.0227. The highest BCUT2D eigenvalue weighted by molar-refractivity contribution is 9.10. The molecule has 0 saturated carbocycles. The van der Waals surface area contributed by atoms with E-state index in [2.05, 4.69) is 22.0 Å². The van der Waals surface area contributed by atoms with Gasteiger partial charge in [-0.05, 0) is 49.4 Å². The molecule has 94 valence electrons. The molecule has 0 N–H and O–H groups in total. The molecule has 18 heavy (non-hydrogen) atoms. The highest BCUT2D eigenvalue weighted by Gasteiger charge is 2.52. The summed E-state index contributed by atoms with van der Waals surface area (Å²) in [7, 11) is 0. The van der Waals surface area contributed by atoms with Gasteiger partial charge in [-0.3, -0.25) is 0 Å². The van der Waals surface area contributed by atoms with Gasteiger partial charge in [-0.2, -0.15) is 5.26 Å². The van der Waals surface area contributed by atoms with Crippen molar-refractivity contribution in [1.82, 2.24) is 0 Å². The third-order valence-corrected chi connectivity index (χ3v) is 4.44. The molecule has 0 aliphatic carbocycles. The highest BCUT2D eigenvalue weighted by atomic mass is 79.9. The lowest BCUT2D eigenvalue weighted by molar-refractivity contribution is 0.0787. The minimum Gasteiger partial charge on any atom is -0.373 e. The lowest BCUT2D eigenvalue weighted by Crippen LogP contribution is -2.33. The predicted molar refractivity (Wildman–Crippen MR) is 68.4 cm³/mol. The maximum atomic E-state index is 13.4. The second-order valence-electron chi connectivity index (χ2n) is 5.25. The van der Waals surface area contributed by atoms with Crippen LogP contribution in [0.3, 0.4) is 0 Å². The van der Waals surface area contributed by atoms with E-state index < -0.39 is 5.41 Å². The zero-order chi connectivity index (χ0) is 12.8. The van der Waals surface area contributed by atoms with Gasteiger partial charge in [-0.25, -0.2) is 4.39 Å². The van der Waals surface area contributed by atoms with Crippen molar-refractivity contribution in [2.75, 3.05) is 0 Å². The molecule has 0 spiro atoms. The van der Waals surface area contributed by atoms with Crippen LogP contribution >= 0.6 is 15.9 Å². The van der Waals surface area contributed by atoms with Crippen LogP contribution in [0.4, 0.5) is 4.39 Å². The summed E-state index contributed by atoms with van der Waals surface area (Å²) in [5, 5.41) is 9.50. The lowest BCUT2D eigenvalue weighted by Gasteiger charge is -2.28. The Morgan fingerprint density at radius 3 is 2.83 bits per heavy atom. The minimum atomic E-state index is -0.462. The van der Waals surface area contributed by atoms with Crippen molar-refractivity contribution in [2.24, 2.45) is 5.41 Å². The summed E-state index contributed by atoms with van der Waals surface area (Å²) in [6, 6.07) is 7.26. The first kappa shape index (κ1) is 12.1. The molecule has 3 rings (SSSR count). The van der Waals surface area contributed by atoms with E-state index in [-0.39, 0.29) is 18.0 Å². The molecule has 3 unspecified atom stereocenters. The maximum Gasteiger partial charge on any atom is 0.124 e. The summed E-state index contributed by atoms with van der Waals surface area (Å²) in [5.74, 6) is -0.267. The number of rotatable bonds is 2. The highest BCUT2D eigenvalue weighted by Crippen LogP contribution is 2.49. The fraction of sp³-hybridized carbons (Fsp3) is 0.500. The third kappa shape index (κ3) is 1.96. The van der Waals surface area contributed by atoms with Crippen molar-refractivity contribution in [3.8, 4) is 6.07 Å². The number of hydrogen-bond donors (Lipinski definition) is 0. The smallest absolute Gasteiger partial charge is 0.124 e.